The Morgan fingerprint density at radius 3 is 2.48 bits per heavy atom. The van der Waals surface area contributed by atoms with E-state index in [-0.39, 0.29) is 17.6 Å². The second-order valence-electron chi connectivity index (χ2n) is 7.21. The summed E-state index contributed by atoms with van der Waals surface area (Å²) in [5.74, 6) is -0.439. The SMILES string of the molecule is CC1(C(=O)NCc2ccc(F)cc2)CCCN(C(=O)c2ccc(Br)cc2)C1. The van der Waals surface area contributed by atoms with E-state index < -0.39 is 5.41 Å². The maximum atomic E-state index is 13.0. The third-order valence-electron chi connectivity index (χ3n) is 4.99. The van der Waals surface area contributed by atoms with Crippen molar-refractivity contribution in [1.29, 1.82) is 0 Å². The summed E-state index contributed by atoms with van der Waals surface area (Å²) >= 11 is 3.37. The second kappa shape index (κ2) is 8.21. The van der Waals surface area contributed by atoms with Crippen LogP contribution in [0.5, 0.6) is 0 Å². The van der Waals surface area contributed by atoms with Crippen molar-refractivity contribution in [2.24, 2.45) is 5.41 Å². The van der Waals surface area contributed by atoms with Crippen LogP contribution in [-0.2, 0) is 11.3 Å². The Hall–Kier alpha value is -2.21. The summed E-state index contributed by atoms with van der Waals surface area (Å²) in [5, 5.41) is 2.93. The van der Waals surface area contributed by atoms with E-state index in [1.807, 2.05) is 19.1 Å². The molecule has 1 unspecified atom stereocenters. The van der Waals surface area contributed by atoms with E-state index in [1.54, 1.807) is 29.2 Å². The monoisotopic (exact) mass is 432 g/mol. The van der Waals surface area contributed by atoms with Crippen LogP contribution in [0.15, 0.2) is 53.0 Å². The molecule has 0 bridgehead atoms. The van der Waals surface area contributed by atoms with E-state index in [1.165, 1.54) is 12.1 Å². The average molecular weight is 433 g/mol. The van der Waals surface area contributed by atoms with Gasteiger partial charge < -0.3 is 10.2 Å². The molecular weight excluding hydrogens is 411 g/mol. The van der Waals surface area contributed by atoms with Crippen LogP contribution >= 0.6 is 15.9 Å². The number of halogens is 2. The predicted octanol–water partition coefficient (Wildman–Crippen LogP) is 4.15. The minimum Gasteiger partial charge on any atom is -0.351 e. The summed E-state index contributed by atoms with van der Waals surface area (Å²) in [6.45, 7) is 3.27. The Morgan fingerprint density at radius 1 is 1.15 bits per heavy atom. The van der Waals surface area contributed by atoms with Crippen molar-refractivity contribution < 1.29 is 14.0 Å². The van der Waals surface area contributed by atoms with Gasteiger partial charge in [-0.15, -0.1) is 0 Å². The number of carbonyl (C=O) groups excluding carboxylic acids is 2. The lowest BCUT2D eigenvalue weighted by molar-refractivity contribution is -0.132. The third kappa shape index (κ3) is 4.75. The lowest BCUT2D eigenvalue weighted by Gasteiger charge is -2.39. The quantitative estimate of drug-likeness (QED) is 0.788. The molecule has 142 valence electrons. The first-order valence-corrected chi connectivity index (χ1v) is 9.74. The first-order chi connectivity index (χ1) is 12.9. The fourth-order valence-electron chi connectivity index (χ4n) is 3.37. The van der Waals surface area contributed by atoms with Gasteiger partial charge in [0.2, 0.25) is 5.91 Å². The van der Waals surface area contributed by atoms with E-state index in [0.717, 1.165) is 22.9 Å². The highest BCUT2D eigenvalue weighted by molar-refractivity contribution is 9.10. The molecule has 2 aromatic rings. The first-order valence-electron chi connectivity index (χ1n) is 8.95. The summed E-state index contributed by atoms with van der Waals surface area (Å²) in [7, 11) is 0. The number of hydrogen-bond acceptors (Lipinski definition) is 2. The number of piperidine rings is 1. The van der Waals surface area contributed by atoms with E-state index >= 15 is 0 Å². The van der Waals surface area contributed by atoms with E-state index in [2.05, 4.69) is 21.2 Å². The predicted molar refractivity (Wildman–Crippen MR) is 106 cm³/mol. The number of likely N-dealkylation sites (tertiary alicyclic amines) is 1. The largest absolute Gasteiger partial charge is 0.351 e. The van der Waals surface area contributed by atoms with Crippen LogP contribution in [0.25, 0.3) is 0 Å². The Bertz CT molecular complexity index is 823. The smallest absolute Gasteiger partial charge is 0.253 e. The average Bonchev–Trinajstić information content (AvgIpc) is 2.67. The summed E-state index contributed by atoms with van der Waals surface area (Å²) in [4.78, 5) is 27.3. The van der Waals surface area contributed by atoms with Crippen LogP contribution < -0.4 is 5.32 Å². The van der Waals surface area contributed by atoms with Crippen LogP contribution in [0, 0.1) is 11.2 Å². The molecule has 1 saturated heterocycles. The van der Waals surface area contributed by atoms with Gasteiger partial charge in [-0.2, -0.15) is 0 Å². The minimum atomic E-state index is -0.636. The number of amides is 2. The molecule has 1 aliphatic heterocycles. The zero-order chi connectivity index (χ0) is 19.4. The van der Waals surface area contributed by atoms with Gasteiger partial charge in [0.25, 0.3) is 5.91 Å². The maximum absolute atomic E-state index is 13.0. The van der Waals surface area contributed by atoms with Crippen LogP contribution in [0.3, 0.4) is 0 Å². The molecule has 1 heterocycles. The van der Waals surface area contributed by atoms with Gasteiger partial charge >= 0.3 is 0 Å². The summed E-state index contributed by atoms with van der Waals surface area (Å²) < 4.78 is 13.9. The molecule has 4 nitrogen and oxygen atoms in total. The molecule has 27 heavy (non-hydrogen) atoms. The number of hydrogen-bond donors (Lipinski definition) is 1. The molecule has 0 radical (unpaired) electrons. The van der Waals surface area contributed by atoms with Crippen molar-refractivity contribution in [3.8, 4) is 0 Å². The van der Waals surface area contributed by atoms with Gasteiger partial charge in [0.1, 0.15) is 5.82 Å². The Labute approximate surface area is 166 Å². The van der Waals surface area contributed by atoms with Crippen molar-refractivity contribution in [2.45, 2.75) is 26.3 Å². The van der Waals surface area contributed by atoms with Crippen LogP contribution in [0.1, 0.15) is 35.7 Å². The molecule has 0 saturated carbocycles. The zero-order valence-electron chi connectivity index (χ0n) is 15.2. The van der Waals surface area contributed by atoms with E-state index in [0.29, 0.717) is 25.2 Å². The first kappa shape index (κ1) is 19.5. The van der Waals surface area contributed by atoms with Crippen LogP contribution in [0.2, 0.25) is 0 Å². The van der Waals surface area contributed by atoms with Gasteiger partial charge in [-0.3, -0.25) is 9.59 Å². The molecular formula is C21H22BrFN2O2. The normalized spacial score (nSPS) is 19.6. The van der Waals surface area contributed by atoms with Crippen molar-refractivity contribution >= 4 is 27.7 Å². The van der Waals surface area contributed by atoms with Crippen molar-refractivity contribution in [3.05, 3.63) is 69.9 Å². The molecule has 6 heteroatoms. The zero-order valence-corrected chi connectivity index (χ0v) is 16.8. The Kier molecular flexibility index (Phi) is 5.95. The molecule has 3 rings (SSSR count). The molecule has 1 N–H and O–H groups in total. The van der Waals surface area contributed by atoms with Gasteiger partial charge in [-0.1, -0.05) is 28.1 Å². The van der Waals surface area contributed by atoms with Gasteiger partial charge in [0.15, 0.2) is 0 Å². The fraction of sp³-hybridized carbons (Fsp3) is 0.333. The molecule has 1 atom stereocenters. The standard InChI is InChI=1S/C21H22BrFN2O2/c1-21(20(27)24-13-15-3-9-18(23)10-4-15)11-2-12-25(14-21)19(26)16-5-7-17(22)8-6-16/h3-10H,2,11-14H2,1H3,(H,24,27). The van der Waals surface area contributed by atoms with Crippen LogP contribution in [-0.4, -0.2) is 29.8 Å². The van der Waals surface area contributed by atoms with Gasteiger partial charge in [-0.25, -0.2) is 4.39 Å². The molecule has 0 spiro atoms. The van der Waals surface area contributed by atoms with Crippen molar-refractivity contribution in [2.75, 3.05) is 13.1 Å². The number of nitrogens with one attached hydrogen (secondary N) is 1. The van der Waals surface area contributed by atoms with E-state index in [4.69, 9.17) is 0 Å². The molecule has 0 aromatic heterocycles. The highest BCUT2D eigenvalue weighted by Crippen LogP contribution is 2.31. The summed E-state index contributed by atoms with van der Waals surface area (Å²) in [5.41, 5.74) is 0.824. The van der Waals surface area contributed by atoms with Gasteiger partial charge in [0, 0.05) is 29.7 Å². The van der Waals surface area contributed by atoms with E-state index in [9.17, 15) is 14.0 Å². The maximum Gasteiger partial charge on any atom is 0.253 e. The Balaban J connectivity index is 1.64. The molecule has 1 aliphatic rings. The van der Waals surface area contributed by atoms with Gasteiger partial charge in [-0.05, 0) is 61.7 Å². The minimum absolute atomic E-state index is 0.0558. The number of nitrogens with zero attached hydrogens (tertiary/aromatic N) is 1. The molecule has 1 fully saturated rings. The number of rotatable bonds is 4. The second-order valence-corrected chi connectivity index (χ2v) is 8.12. The topological polar surface area (TPSA) is 49.4 Å². The Morgan fingerprint density at radius 2 is 1.81 bits per heavy atom. The fourth-order valence-corrected chi connectivity index (χ4v) is 3.64. The number of benzene rings is 2. The van der Waals surface area contributed by atoms with Crippen molar-refractivity contribution in [1.82, 2.24) is 10.2 Å². The molecule has 0 aliphatic carbocycles. The molecule has 2 aromatic carbocycles. The van der Waals surface area contributed by atoms with Crippen LogP contribution in [0.4, 0.5) is 4.39 Å². The lowest BCUT2D eigenvalue weighted by Crippen LogP contribution is -2.51. The van der Waals surface area contributed by atoms with Gasteiger partial charge in [0.05, 0.1) is 5.41 Å². The number of carbonyl (C=O) groups is 2. The highest BCUT2D eigenvalue weighted by atomic mass is 79.9. The molecule has 2 amide bonds. The highest BCUT2D eigenvalue weighted by Gasteiger charge is 2.39. The lowest BCUT2D eigenvalue weighted by atomic mass is 9.80. The summed E-state index contributed by atoms with van der Waals surface area (Å²) in [6.07, 6.45) is 1.51. The summed E-state index contributed by atoms with van der Waals surface area (Å²) in [6, 6.07) is 13.3. The van der Waals surface area contributed by atoms with Crippen molar-refractivity contribution in [3.63, 3.8) is 0 Å². The third-order valence-corrected chi connectivity index (χ3v) is 5.52.